The smallest absolute Gasteiger partial charge is 0.252 e. The van der Waals surface area contributed by atoms with Gasteiger partial charge in [0, 0.05) is 68.2 Å². The van der Waals surface area contributed by atoms with Crippen molar-refractivity contribution in [1.82, 2.24) is 24.5 Å². The van der Waals surface area contributed by atoms with Gasteiger partial charge in [0.25, 0.3) is 11.5 Å². The number of nitrogens with zero attached hydrogens (tertiary/aromatic N) is 6. The molecule has 0 bridgehead atoms. The zero-order chi connectivity index (χ0) is 27.1. The van der Waals surface area contributed by atoms with Crippen molar-refractivity contribution in [2.24, 2.45) is 7.05 Å². The van der Waals surface area contributed by atoms with E-state index < -0.39 is 11.5 Å². The highest BCUT2D eigenvalue weighted by Crippen LogP contribution is 2.33. The summed E-state index contributed by atoms with van der Waals surface area (Å²) in [6.45, 7) is 4.20. The molecule has 2 N–H and O–H groups in total. The van der Waals surface area contributed by atoms with Gasteiger partial charge in [-0.15, -0.1) is 0 Å². The van der Waals surface area contributed by atoms with E-state index in [0.29, 0.717) is 29.0 Å². The van der Waals surface area contributed by atoms with Crippen LogP contribution >= 0.6 is 11.6 Å². The first-order valence-corrected chi connectivity index (χ1v) is 12.5. The predicted molar refractivity (Wildman–Crippen MR) is 145 cm³/mol. The second-order valence-electron chi connectivity index (χ2n) is 9.84. The average molecular weight is 541 g/mol. The van der Waals surface area contributed by atoms with E-state index in [1.807, 2.05) is 32.0 Å². The van der Waals surface area contributed by atoms with E-state index in [9.17, 15) is 13.6 Å². The molecule has 3 aromatic heterocycles. The molecular formula is C26H27ClF2N8O. The number of rotatable bonds is 6. The molecule has 1 aliphatic rings. The number of aryl methyl sites for hydroxylation is 1. The van der Waals surface area contributed by atoms with Crippen molar-refractivity contribution >= 4 is 45.6 Å². The number of hydrogen-bond acceptors (Lipinski definition) is 8. The van der Waals surface area contributed by atoms with Gasteiger partial charge in [-0.05, 0) is 38.1 Å². The number of pyridine rings is 1. The zero-order valence-corrected chi connectivity index (χ0v) is 21.9. The van der Waals surface area contributed by atoms with E-state index >= 15 is 0 Å². The van der Waals surface area contributed by atoms with Crippen LogP contribution < -0.4 is 21.1 Å². The van der Waals surface area contributed by atoms with Crippen LogP contribution in [-0.2, 0) is 12.6 Å². The quantitative estimate of drug-likeness (QED) is 0.348. The van der Waals surface area contributed by atoms with Crippen LogP contribution in [0.5, 0.6) is 0 Å². The third-order valence-corrected chi connectivity index (χ3v) is 6.87. The summed E-state index contributed by atoms with van der Waals surface area (Å²) in [6.07, 6.45) is 4.31. The Morgan fingerprint density at radius 1 is 1.08 bits per heavy atom. The van der Waals surface area contributed by atoms with Crippen LogP contribution in [0.2, 0.25) is 5.02 Å². The maximum Gasteiger partial charge on any atom is 0.252 e. The second kappa shape index (κ2) is 9.79. The van der Waals surface area contributed by atoms with Crippen molar-refractivity contribution in [2.45, 2.75) is 38.2 Å². The summed E-state index contributed by atoms with van der Waals surface area (Å²) in [4.78, 5) is 31.9. The fourth-order valence-corrected chi connectivity index (χ4v) is 4.56. The fourth-order valence-electron chi connectivity index (χ4n) is 4.43. The van der Waals surface area contributed by atoms with Crippen LogP contribution in [0.25, 0.3) is 10.9 Å². The largest absolute Gasteiger partial charge is 0.372 e. The van der Waals surface area contributed by atoms with Crippen molar-refractivity contribution < 1.29 is 8.78 Å². The Hall–Kier alpha value is -3.86. The average Bonchev–Trinajstić information content (AvgIpc) is 2.89. The van der Waals surface area contributed by atoms with Gasteiger partial charge >= 0.3 is 0 Å². The molecule has 4 aromatic rings. The molecule has 1 fully saturated rings. The number of anilines is 4. The normalized spacial score (nSPS) is 15.5. The van der Waals surface area contributed by atoms with Crippen LogP contribution in [0, 0.1) is 0 Å². The number of aromatic nitrogens is 5. The van der Waals surface area contributed by atoms with Crippen molar-refractivity contribution in [2.75, 3.05) is 28.6 Å². The zero-order valence-electron chi connectivity index (χ0n) is 21.2. The lowest BCUT2D eigenvalue weighted by molar-refractivity contribution is -0.0222. The minimum Gasteiger partial charge on any atom is -0.372 e. The summed E-state index contributed by atoms with van der Waals surface area (Å²) in [5, 5.41) is 7.71. The lowest BCUT2D eigenvalue weighted by atomic mass is 10.0. The molecule has 12 heteroatoms. The molecule has 0 aliphatic carbocycles. The topological polar surface area (TPSA) is 101 Å². The highest BCUT2D eigenvalue weighted by molar-refractivity contribution is 6.32. The van der Waals surface area contributed by atoms with Crippen LogP contribution in [0.15, 0.2) is 53.7 Å². The first kappa shape index (κ1) is 25.8. The summed E-state index contributed by atoms with van der Waals surface area (Å²) in [5.41, 5.74) is 1.18. The number of fused-ring (bicyclic) bond motifs is 1. The number of nitrogens with one attached hydrogen (secondary N) is 2. The Bertz CT molecular complexity index is 1530. The van der Waals surface area contributed by atoms with Crippen molar-refractivity contribution in [3.8, 4) is 0 Å². The van der Waals surface area contributed by atoms with Crippen molar-refractivity contribution in [3.63, 3.8) is 0 Å². The molecular weight excluding hydrogens is 514 g/mol. The Kier molecular flexibility index (Phi) is 6.64. The highest BCUT2D eigenvalue weighted by atomic mass is 35.5. The van der Waals surface area contributed by atoms with Crippen LogP contribution in [-0.4, -0.2) is 43.5 Å². The predicted octanol–water partition coefficient (Wildman–Crippen LogP) is 5.10. The van der Waals surface area contributed by atoms with Gasteiger partial charge in [-0.3, -0.25) is 4.79 Å². The molecule has 1 aromatic carbocycles. The number of halogens is 3. The van der Waals surface area contributed by atoms with E-state index in [0.717, 1.165) is 10.9 Å². The van der Waals surface area contributed by atoms with Crippen molar-refractivity contribution in [3.05, 3.63) is 70.1 Å². The maximum absolute atomic E-state index is 13.6. The third-order valence-electron chi connectivity index (χ3n) is 6.59. The Labute approximate surface area is 222 Å². The lowest BCUT2D eigenvalue weighted by Crippen LogP contribution is -2.40. The van der Waals surface area contributed by atoms with Gasteiger partial charge in [-0.2, -0.15) is 4.98 Å². The number of benzene rings is 1. The maximum atomic E-state index is 13.6. The molecule has 0 atom stereocenters. The molecule has 0 unspecified atom stereocenters. The molecule has 1 saturated heterocycles. The monoisotopic (exact) mass is 540 g/mol. The van der Waals surface area contributed by atoms with Crippen LogP contribution in [0.3, 0.4) is 0 Å². The van der Waals surface area contributed by atoms with Gasteiger partial charge in [0.15, 0.2) is 11.6 Å². The molecule has 1 aliphatic heterocycles. The fraction of sp³-hybridized carbons (Fsp3) is 0.346. The number of hydrogen-bond donors (Lipinski definition) is 2. The van der Waals surface area contributed by atoms with Gasteiger partial charge in [0.1, 0.15) is 5.02 Å². The second-order valence-corrected chi connectivity index (χ2v) is 10.3. The molecule has 0 radical (unpaired) electrons. The molecule has 0 amide bonds. The van der Waals surface area contributed by atoms with Gasteiger partial charge in [0.2, 0.25) is 5.95 Å². The van der Waals surface area contributed by atoms with E-state index in [4.69, 9.17) is 11.6 Å². The number of piperidine rings is 1. The summed E-state index contributed by atoms with van der Waals surface area (Å²) in [6, 6.07) is 8.82. The molecule has 9 nitrogen and oxygen atoms in total. The summed E-state index contributed by atoms with van der Waals surface area (Å²) in [7, 11) is 1.71. The molecule has 38 heavy (non-hydrogen) atoms. The lowest BCUT2D eigenvalue weighted by Gasteiger charge is -2.31. The SMILES string of the molecule is Cn1c(=O)cc(NC(C)(C)c2ncccn2)c2cc(Nc3nc(N4CCC(F)(F)CC4)ncc3Cl)ccc21. The van der Waals surface area contributed by atoms with Gasteiger partial charge in [0.05, 0.1) is 17.3 Å². The standard InChI is InChI=1S/C26H27ClF2N8O/c1-25(2,23-30-9-4-10-31-23)35-19-14-21(38)36(3)20-6-5-16(13-17(19)20)33-22-18(27)15-32-24(34-22)37-11-7-26(28,29)8-12-37/h4-6,9-10,13-15,35H,7-8,11-12H2,1-3H3,(H,32,33,34). The number of alkyl halides is 2. The molecule has 5 rings (SSSR count). The van der Waals surface area contributed by atoms with E-state index in [1.54, 1.807) is 41.0 Å². The summed E-state index contributed by atoms with van der Waals surface area (Å²) < 4.78 is 28.8. The van der Waals surface area contributed by atoms with Crippen LogP contribution in [0.4, 0.5) is 31.9 Å². The van der Waals surface area contributed by atoms with Gasteiger partial charge < -0.3 is 20.1 Å². The Morgan fingerprint density at radius 2 is 1.79 bits per heavy atom. The van der Waals surface area contributed by atoms with Gasteiger partial charge in [-0.25, -0.2) is 23.7 Å². The Morgan fingerprint density at radius 3 is 2.50 bits per heavy atom. The summed E-state index contributed by atoms with van der Waals surface area (Å²) >= 11 is 6.38. The first-order valence-electron chi connectivity index (χ1n) is 12.1. The van der Waals surface area contributed by atoms with Gasteiger partial charge in [-0.1, -0.05) is 11.6 Å². The highest BCUT2D eigenvalue weighted by Gasteiger charge is 2.35. The molecule has 198 valence electrons. The first-order chi connectivity index (χ1) is 18.0. The minimum absolute atomic E-state index is 0.161. The summed E-state index contributed by atoms with van der Waals surface area (Å²) in [5.74, 6) is -1.39. The van der Waals surface area contributed by atoms with E-state index in [1.165, 1.54) is 6.20 Å². The van der Waals surface area contributed by atoms with Crippen molar-refractivity contribution in [1.29, 1.82) is 0 Å². The Balaban J connectivity index is 1.48. The molecule has 0 saturated carbocycles. The van der Waals surface area contributed by atoms with E-state index in [2.05, 4.69) is 30.6 Å². The minimum atomic E-state index is -2.66. The molecule has 4 heterocycles. The van der Waals surface area contributed by atoms with E-state index in [-0.39, 0.29) is 36.5 Å². The third kappa shape index (κ3) is 5.24. The van der Waals surface area contributed by atoms with Crippen LogP contribution in [0.1, 0.15) is 32.5 Å². The molecule has 0 spiro atoms.